The summed E-state index contributed by atoms with van der Waals surface area (Å²) in [7, 11) is 3.13. The number of carboxylic acid groups (broad SMARTS) is 1. The summed E-state index contributed by atoms with van der Waals surface area (Å²) in [5.41, 5.74) is 0.982. The molecule has 6 heteroatoms. The van der Waals surface area contributed by atoms with Gasteiger partial charge in [0, 0.05) is 25.1 Å². The second-order valence-electron chi connectivity index (χ2n) is 4.39. The van der Waals surface area contributed by atoms with Crippen LogP contribution in [0.2, 0.25) is 0 Å². The first-order chi connectivity index (χ1) is 8.82. The van der Waals surface area contributed by atoms with E-state index in [2.05, 4.69) is 15.9 Å². The molecule has 0 spiro atoms. The van der Waals surface area contributed by atoms with Crippen LogP contribution < -0.4 is 0 Å². The van der Waals surface area contributed by atoms with E-state index in [4.69, 9.17) is 5.11 Å². The van der Waals surface area contributed by atoms with Crippen molar-refractivity contribution in [3.05, 3.63) is 34.3 Å². The summed E-state index contributed by atoms with van der Waals surface area (Å²) in [6.45, 7) is 1.91. The third-order valence-electron chi connectivity index (χ3n) is 2.90. The van der Waals surface area contributed by atoms with Gasteiger partial charge in [0.05, 0.1) is 0 Å². The Morgan fingerprint density at radius 1 is 1.26 bits per heavy atom. The van der Waals surface area contributed by atoms with Gasteiger partial charge in [0.15, 0.2) is 0 Å². The van der Waals surface area contributed by atoms with E-state index in [1.165, 1.54) is 23.8 Å². The van der Waals surface area contributed by atoms with Crippen LogP contribution >= 0.6 is 15.9 Å². The average Bonchev–Trinajstić information content (AvgIpc) is 2.38. The van der Waals surface area contributed by atoms with Crippen molar-refractivity contribution in [3.8, 4) is 0 Å². The largest absolute Gasteiger partial charge is 0.480 e. The first kappa shape index (κ1) is 15.5. The summed E-state index contributed by atoms with van der Waals surface area (Å²) < 4.78 is 0.974. The Labute approximate surface area is 120 Å². The summed E-state index contributed by atoms with van der Waals surface area (Å²) >= 11 is 3.34. The van der Waals surface area contributed by atoms with Gasteiger partial charge in [-0.2, -0.15) is 0 Å². The zero-order valence-electron chi connectivity index (χ0n) is 11.1. The standard InChI is InChI=1S/C13H17BrN2O3/c1-9(12(17)18)16(3)13(19)15(2)8-10-4-6-11(14)7-5-10/h4-7,9H,8H2,1-3H3,(H,17,18). The van der Waals surface area contributed by atoms with E-state index in [0.29, 0.717) is 6.54 Å². The molecule has 0 heterocycles. The van der Waals surface area contributed by atoms with Crippen LogP contribution in [0.3, 0.4) is 0 Å². The Morgan fingerprint density at radius 2 is 1.79 bits per heavy atom. The van der Waals surface area contributed by atoms with E-state index in [1.807, 2.05) is 24.3 Å². The Kier molecular flexibility index (Phi) is 5.35. The smallest absolute Gasteiger partial charge is 0.326 e. The summed E-state index contributed by atoms with van der Waals surface area (Å²) in [6, 6.07) is 6.45. The number of hydrogen-bond acceptors (Lipinski definition) is 2. The topological polar surface area (TPSA) is 60.9 Å². The minimum Gasteiger partial charge on any atom is -0.480 e. The molecule has 0 aliphatic carbocycles. The van der Waals surface area contributed by atoms with Crippen molar-refractivity contribution in [1.82, 2.24) is 9.80 Å². The number of carbonyl (C=O) groups excluding carboxylic acids is 1. The molecular weight excluding hydrogens is 312 g/mol. The lowest BCUT2D eigenvalue weighted by Crippen LogP contribution is -2.46. The van der Waals surface area contributed by atoms with Gasteiger partial charge < -0.3 is 14.9 Å². The van der Waals surface area contributed by atoms with Crippen LogP contribution in [0.25, 0.3) is 0 Å². The zero-order chi connectivity index (χ0) is 14.6. The minimum atomic E-state index is -1.02. The van der Waals surface area contributed by atoms with Gasteiger partial charge >= 0.3 is 12.0 Å². The zero-order valence-corrected chi connectivity index (χ0v) is 12.7. The number of halogens is 1. The number of aliphatic carboxylic acids is 1. The number of hydrogen-bond donors (Lipinski definition) is 1. The van der Waals surface area contributed by atoms with Crippen LogP contribution in [0.1, 0.15) is 12.5 Å². The molecule has 1 atom stereocenters. The Bertz CT molecular complexity index is 461. The number of amides is 2. The highest BCUT2D eigenvalue weighted by Crippen LogP contribution is 2.12. The second-order valence-corrected chi connectivity index (χ2v) is 5.31. The van der Waals surface area contributed by atoms with E-state index in [9.17, 15) is 9.59 Å². The van der Waals surface area contributed by atoms with Crippen molar-refractivity contribution < 1.29 is 14.7 Å². The minimum absolute atomic E-state index is 0.321. The molecule has 0 aliphatic heterocycles. The van der Waals surface area contributed by atoms with Gasteiger partial charge in [-0.1, -0.05) is 28.1 Å². The van der Waals surface area contributed by atoms with Crippen LogP contribution in [0, 0.1) is 0 Å². The van der Waals surface area contributed by atoms with Gasteiger partial charge in [-0.15, -0.1) is 0 Å². The van der Waals surface area contributed by atoms with Crippen molar-refractivity contribution in [2.24, 2.45) is 0 Å². The highest BCUT2D eigenvalue weighted by Gasteiger charge is 2.24. The Hall–Kier alpha value is -1.56. The summed E-state index contributed by atoms with van der Waals surface area (Å²) in [4.78, 5) is 25.6. The number of urea groups is 1. The molecule has 0 aromatic heterocycles. The molecule has 0 saturated heterocycles. The quantitative estimate of drug-likeness (QED) is 0.923. The van der Waals surface area contributed by atoms with Gasteiger partial charge in [-0.25, -0.2) is 9.59 Å². The van der Waals surface area contributed by atoms with Crippen molar-refractivity contribution in [2.45, 2.75) is 19.5 Å². The molecule has 0 saturated carbocycles. The van der Waals surface area contributed by atoms with E-state index in [0.717, 1.165) is 10.0 Å². The Balaban J connectivity index is 2.67. The van der Waals surface area contributed by atoms with Crippen LogP contribution in [0.5, 0.6) is 0 Å². The second kappa shape index (κ2) is 6.56. The molecule has 1 rings (SSSR count). The maximum absolute atomic E-state index is 12.0. The van der Waals surface area contributed by atoms with E-state index in [-0.39, 0.29) is 6.03 Å². The molecule has 2 amide bonds. The van der Waals surface area contributed by atoms with Crippen molar-refractivity contribution >= 4 is 27.9 Å². The molecule has 19 heavy (non-hydrogen) atoms. The first-order valence-corrected chi connectivity index (χ1v) is 6.57. The van der Waals surface area contributed by atoms with Crippen LogP contribution in [0.4, 0.5) is 4.79 Å². The summed E-state index contributed by atoms with van der Waals surface area (Å²) in [5.74, 6) is -1.02. The molecule has 1 aromatic rings. The van der Waals surface area contributed by atoms with Crippen LogP contribution in [0.15, 0.2) is 28.7 Å². The maximum atomic E-state index is 12.0. The first-order valence-electron chi connectivity index (χ1n) is 5.78. The maximum Gasteiger partial charge on any atom is 0.326 e. The number of rotatable bonds is 4. The van der Waals surface area contributed by atoms with Gasteiger partial charge in [-0.05, 0) is 24.6 Å². The number of carbonyl (C=O) groups is 2. The highest BCUT2D eigenvalue weighted by molar-refractivity contribution is 9.10. The highest BCUT2D eigenvalue weighted by atomic mass is 79.9. The molecule has 0 fully saturated rings. The monoisotopic (exact) mass is 328 g/mol. The van der Waals surface area contributed by atoms with Crippen LogP contribution in [-0.2, 0) is 11.3 Å². The predicted octanol–water partition coefficient (Wildman–Crippen LogP) is 2.41. The normalized spacial score (nSPS) is 11.8. The SMILES string of the molecule is CC(C(=O)O)N(C)C(=O)N(C)Cc1ccc(Br)cc1. The summed E-state index contributed by atoms with van der Waals surface area (Å²) in [6.07, 6.45) is 0. The van der Waals surface area contributed by atoms with Gasteiger partial charge in [0.25, 0.3) is 0 Å². The molecular formula is C13H17BrN2O3. The fourth-order valence-corrected chi connectivity index (χ4v) is 1.80. The van der Waals surface area contributed by atoms with E-state index < -0.39 is 12.0 Å². The lowest BCUT2D eigenvalue weighted by Gasteiger charge is -2.27. The van der Waals surface area contributed by atoms with E-state index in [1.54, 1.807) is 7.05 Å². The van der Waals surface area contributed by atoms with Gasteiger partial charge in [0.1, 0.15) is 6.04 Å². The predicted molar refractivity (Wildman–Crippen MR) is 75.9 cm³/mol. The molecule has 0 aliphatic rings. The Morgan fingerprint density at radius 3 is 2.26 bits per heavy atom. The number of benzene rings is 1. The van der Waals surface area contributed by atoms with Crippen LogP contribution in [-0.4, -0.2) is 47.0 Å². The lowest BCUT2D eigenvalue weighted by molar-refractivity contribution is -0.141. The number of carboxylic acids is 1. The summed E-state index contributed by atoms with van der Waals surface area (Å²) in [5, 5.41) is 8.89. The molecule has 5 nitrogen and oxygen atoms in total. The number of nitrogens with zero attached hydrogens (tertiary/aromatic N) is 2. The van der Waals surface area contributed by atoms with Gasteiger partial charge in [0.2, 0.25) is 0 Å². The molecule has 0 bridgehead atoms. The average molecular weight is 329 g/mol. The lowest BCUT2D eigenvalue weighted by atomic mass is 10.2. The molecule has 1 unspecified atom stereocenters. The van der Waals surface area contributed by atoms with Gasteiger partial charge in [-0.3, -0.25) is 0 Å². The molecule has 104 valence electrons. The fraction of sp³-hybridized carbons (Fsp3) is 0.385. The third kappa shape index (κ3) is 4.24. The molecule has 1 N–H and O–H groups in total. The van der Waals surface area contributed by atoms with Crippen molar-refractivity contribution in [2.75, 3.05) is 14.1 Å². The third-order valence-corrected chi connectivity index (χ3v) is 3.43. The molecule has 0 radical (unpaired) electrons. The number of likely N-dealkylation sites (N-methyl/N-ethyl adjacent to an activating group) is 1. The molecule has 1 aromatic carbocycles. The van der Waals surface area contributed by atoms with Crippen molar-refractivity contribution in [1.29, 1.82) is 0 Å². The van der Waals surface area contributed by atoms with E-state index >= 15 is 0 Å². The fourth-order valence-electron chi connectivity index (χ4n) is 1.53. The van der Waals surface area contributed by atoms with Crippen molar-refractivity contribution in [3.63, 3.8) is 0 Å².